The third-order valence-corrected chi connectivity index (χ3v) is 9.65. The first-order valence-electron chi connectivity index (χ1n) is 16.8. The molecule has 0 atom stereocenters. The highest BCUT2D eigenvalue weighted by Gasteiger charge is 2.18. The molecule has 7 aromatic carbocycles. The quantitative estimate of drug-likeness (QED) is 0.188. The van der Waals surface area contributed by atoms with Gasteiger partial charge in [0.05, 0.1) is 28.1 Å². The van der Waals surface area contributed by atoms with Gasteiger partial charge in [0.15, 0.2) is 5.82 Å². The predicted molar refractivity (Wildman–Crippen MR) is 205 cm³/mol. The van der Waals surface area contributed by atoms with Gasteiger partial charge >= 0.3 is 0 Å². The van der Waals surface area contributed by atoms with Gasteiger partial charge in [0.2, 0.25) is 0 Å². The van der Waals surface area contributed by atoms with E-state index in [-0.39, 0.29) is 0 Å². The Morgan fingerprint density at radius 1 is 0.400 bits per heavy atom. The lowest BCUT2D eigenvalue weighted by molar-refractivity contribution is 0.669. The lowest BCUT2D eigenvalue weighted by Crippen LogP contribution is -2.00. The fourth-order valence-corrected chi connectivity index (χ4v) is 7.35. The monoisotopic (exact) mass is 639 g/mol. The molecule has 0 amide bonds. The molecule has 10 aromatic rings. The van der Waals surface area contributed by atoms with Crippen LogP contribution in [0.2, 0.25) is 0 Å². The highest BCUT2D eigenvalue weighted by atomic mass is 16.3. The van der Waals surface area contributed by atoms with Gasteiger partial charge in [-0.3, -0.25) is 0 Å². The topological polar surface area (TPSA) is 43.9 Å². The van der Waals surface area contributed by atoms with Crippen molar-refractivity contribution in [1.82, 2.24) is 14.5 Å². The molecule has 50 heavy (non-hydrogen) atoms. The average molecular weight is 640 g/mol. The number of aromatic nitrogens is 3. The third-order valence-electron chi connectivity index (χ3n) is 9.65. The van der Waals surface area contributed by atoms with Gasteiger partial charge in [-0.05, 0) is 47.5 Å². The molecular weight excluding hydrogens is 611 g/mol. The van der Waals surface area contributed by atoms with Gasteiger partial charge in [-0.1, -0.05) is 140 Å². The largest absolute Gasteiger partial charge is 0.456 e. The van der Waals surface area contributed by atoms with Crippen LogP contribution in [-0.4, -0.2) is 14.5 Å². The molecule has 0 bridgehead atoms. The molecule has 234 valence electrons. The van der Waals surface area contributed by atoms with Gasteiger partial charge in [-0.2, -0.15) is 0 Å². The van der Waals surface area contributed by atoms with E-state index in [1.54, 1.807) is 0 Å². The van der Waals surface area contributed by atoms with Crippen molar-refractivity contribution in [2.75, 3.05) is 0 Å². The molecule has 0 spiro atoms. The summed E-state index contributed by atoms with van der Waals surface area (Å²) in [5.41, 5.74) is 12.2. The summed E-state index contributed by atoms with van der Waals surface area (Å²) < 4.78 is 8.54. The minimum Gasteiger partial charge on any atom is -0.456 e. The van der Waals surface area contributed by atoms with E-state index >= 15 is 0 Å². The molecule has 0 aliphatic carbocycles. The molecule has 0 N–H and O–H groups in total. The van der Waals surface area contributed by atoms with Crippen LogP contribution in [0.3, 0.4) is 0 Å². The van der Waals surface area contributed by atoms with Crippen molar-refractivity contribution in [3.63, 3.8) is 0 Å². The van der Waals surface area contributed by atoms with E-state index in [9.17, 15) is 0 Å². The van der Waals surface area contributed by atoms with Crippen molar-refractivity contribution in [2.45, 2.75) is 0 Å². The minimum atomic E-state index is 0.689. The normalized spacial score (nSPS) is 11.6. The molecule has 0 fully saturated rings. The number of benzene rings is 7. The van der Waals surface area contributed by atoms with Crippen molar-refractivity contribution in [1.29, 1.82) is 0 Å². The maximum Gasteiger partial charge on any atom is 0.160 e. The summed E-state index contributed by atoms with van der Waals surface area (Å²) in [6, 6.07) is 61.3. The van der Waals surface area contributed by atoms with Gasteiger partial charge in [-0.25, -0.2) is 9.97 Å². The summed E-state index contributed by atoms with van der Waals surface area (Å²) in [7, 11) is 0. The lowest BCUT2D eigenvalue weighted by Gasteiger charge is -2.15. The molecule has 0 radical (unpaired) electrons. The second-order valence-electron chi connectivity index (χ2n) is 12.6. The van der Waals surface area contributed by atoms with Crippen molar-refractivity contribution in [3.05, 3.63) is 176 Å². The Balaban J connectivity index is 1.14. The molecule has 0 aliphatic heterocycles. The number of fused-ring (bicyclic) bond motifs is 6. The summed E-state index contributed by atoms with van der Waals surface area (Å²) in [6.45, 7) is 0. The number of hydrogen-bond donors (Lipinski definition) is 0. The van der Waals surface area contributed by atoms with E-state index < -0.39 is 0 Å². The summed E-state index contributed by atoms with van der Waals surface area (Å²) in [4.78, 5) is 10.4. The first-order valence-corrected chi connectivity index (χ1v) is 16.8. The second-order valence-corrected chi connectivity index (χ2v) is 12.6. The number of nitrogens with zero attached hydrogens (tertiary/aromatic N) is 3. The molecule has 3 aromatic heterocycles. The molecule has 0 unspecified atom stereocenters. The summed E-state index contributed by atoms with van der Waals surface area (Å²) in [6.07, 6.45) is 0. The molecule has 0 saturated carbocycles. The van der Waals surface area contributed by atoms with E-state index in [4.69, 9.17) is 14.4 Å². The standard InChI is InChI=1S/C46H29N3O/c1-2-13-32(14-3-1)46-47-38(31-27-25-30(26-28-31)33-19-12-24-44-45(33)37-18-7-11-23-43(37)50-44)29-39(48-46)36-17-6-10-22-42(36)49-40-20-8-4-15-34(40)35-16-5-9-21-41(35)49/h1-29H. The van der Waals surface area contributed by atoms with Gasteiger partial charge in [0.1, 0.15) is 11.2 Å². The number of para-hydroxylation sites is 4. The van der Waals surface area contributed by atoms with E-state index in [0.717, 1.165) is 77.9 Å². The van der Waals surface area contributed by atoms with Crippen LogP contribution in [0, 0.1) is 0 Å². The van der Waals surface area contributed by atoms with Crippen molar-refractivity contribution in [3.8, 4) is 50.7 Å². The van der Waals surface area contributed by atoms with Crippen molar-refractivity contribution >= 4 is 43.7 Å². The van der Waals surface area contributed by atoms with Crippen LogP contribution in [0.4, 0.5) is 0 Å². The van der Waals surface area contributed by atoms with E-state index in [0.29, 0.717) is 5.82 Å². The van der Waals surface area contributed by atoms with Gasteiger partial charge in [0.25, 0.3) is 0 Å². The van der Waals surface area contributed by atoms with Gasteiger partial charge in [0, 0.05) is 38.2 Å². The molecular formula is C46H29N3O. The maximum absolute atomic E-state index is 6.18. The summed E-state index contributed by atoms with van der Waals surface area (Å²) >= 11 is 0. The zero-order valence-corrected chi connectivity index (χ0v) is 27.0. The highest BCUT2D eigenvalue weighted by molar-refractivity contribution is 6.12. The molecule has 0 aliphatic rings. The van der Waals surface area contributed by atoms with Gasteiger partial charge in [-0.15, -0.1) is 0 Å². The highest BCUT2D eigenvalue weighted by Crippen LogP contribution is 2.39. The Hall–Kier alpha value is -6.78. The summed E-state index contributed by atoms with van der Waals surface area (Å²) in [5, 5.41) is 4.71. The van der Waals surface area contributed by atoms with Crippen LogP contribution in [0.5, 0.6) is 0 Å². The van der Waals surface area contributed by atoms with Crippen LogP contribution >= 0.6 is 0 Å². The van der Waals surface area contributed by atoms with Gasteiger partial charge < -0.3 is 8.98 Å². The zero-order chi connectivity index (χ0) is 33.0. The summed E-state index contributed by atoms with van der Waals surface area (Å²) in [5.74, 6) is 0.689. The Labute approximate surface area is 288 Å². The van der Waals surface area contributed by atoms with E-state index in [1.165, 1.54) is 10.8 Å². The van der Waals surface area contributed by atoms with E-state index in [2.05, 4.69) is 144 Å². The fourth-order valence-electron chi connectivity index (χ4n) is 7.35. The van der Waals surface area contributed by atoms with Crippen LogP contribution in [0.1, 0.15) is 0 Å². The Morgan fingerprint density at radius 2 is 0.980 bits per heavy atom. The Kier molecular flexibility index (Phi) is 6.46. The third kappa shape index (κ3) is 4.54. The molecule has 3 heterocycles. The van der Waals surface area contributed by atoms with Crippen molar-refractivity contribution < 1.29 is 4.42 Å². The predicted octanol–water partition coefficient (Wildman–Crippen LogP) is 12.1. The molecule has 0 saturated heterocycles. The molecule has 10 rings (SSSR count). The second kappa shape index (κ2) is 11.4. The lowest BCUT2D eigenvalue weighted by atomic mass is 9.97. The number of hydrogen-bond acceptors (Lipinski definition) is 3. The molecule has 4 nitrogen and oxygen atoms in total. The first-order chi connectivity index (χ1) is 24.8. The zero-order valence-electron chi connectivity index (χ0n) is 27.0. The minimum absolute atomic E-state index is 0.689. The van der Waals surface area contributed by atoms with Crippen LogP contribution in [0.15, 0.2) is 180 Å². The maximum atomic E-state index is 6.18. The Morgan fingerprint density at radius 3 is 1.76 bits per heavy atom. The number of rotatable bonds is 5. The average Bonchev–Trinajstić information content (AvgIpc) is 3.74. The fraction of sp³-hybridized carbons (Fsp3) is 0. The number of furan rings is 1. The smallest absolute Gasteiger partial charge is 0.160 e. The van der Waals surface area contributed by atoms with E-state index in [1.807, 2.05) is 36.4 Å². The van der Waals surface area contributed by atoms with Crippen LogP contribution in [0.25, 0.3) is 94.5 Å². The Bertz CT molecular complexity index is 2810. The first kappa shape index (κ1) is 28.3. The van der Waals surface area contributed by atoms with Crippen molar-refractivity contribution in [2.24, 2.45) is 0 Å². The molecule has 4 heteroatoms. The van der Waals surface area contributed by atoms with Crippen LogP contribution in [-0.2, 0) is 0 Å². The van der Waals surface area contributed by atoms with Crippen LogP contribution < -0.4 is 0 Å². The SMILES string of the molecule is c1ccc(-c2nc(-c3ccc(-c4cccc5oc6ccccc6c45)cc3)cc(-c3ccccc3-n3c4ccccc4c4ccccc43)n2)cc1.